The minimum absolute atomic E-state index is 0.207. The average molecular weight is 556 g/mol. The number of carbonyl (C=O) groups is 4. The van der Waals surface area contributed by atoms with E-state index >= 15 is 0 Å². The van der Waals surface area contributed by atoms with Crippen molar-refractivity contribution in [3.05, 3.63) is 71.5 Å². The molecule has 3 rings (SSSR count). The van der Waals surface area contributed by atoms with Gasteiger partial charge in [-0.3, -0.25) is 9.59 Å². The number of para-hydroxylation sites is 1. The third-order valence-corrected chi connectivity index (χ3v) is 7.03. The first-order valence-corrected chi connectivity index (χ1v) is 13.0. The smallest absolute Gasteiger partial charge is 0.328 e. The highest BCUT2D eigenvalue weighted by Gasteiger charge is 2.43. The Balaban J connectivity index is 2.04. The summed E-state index contributed by atoms with van der Waals surface area (Å²) < 4.78 is 5.03. The fourth-order valence-corrected chi connectivity index (χ4v) is 4.96. The lowest BCUT2D eigenvalue weighted by atomic mass is 9.86. The number of amides is 2. The molecule has 0 unspecified atom stereocenters. The number of alkyl halides is 1. The number of H-pyrrole nitrogens is 1. The quantitative estimate of drug-likeness (QED) is 0.195. The molecule has 9 nitrogen and oxygen atoms in total. The Morgan fingerprint density at radius 1 is 1.26 bits per heavy atom. The maximum absolute atomic E-state index is 13.1. The molecule has 0 bridgehead atoms. The molecular weight excluding hydrogens is 522 g/mol. The number of esters is 1. The molecule has 2 amide bonds. The molecule has 1 aromatic carbocycles. The highest BCUT2D eigenvalue weighted by atomic mass is 35.5. The van der Waals surface area contributed by atoms with E-state index in [1.165, 1.54) is 18.1 Å². The van der Waals surface area contributed by atoms with Gasteiger partial charge in [0.25, 0.3) is 5.91 Å². The monoisotopic (exact) mass is 555 g/mol. The molecule has 0 radical (unpaired) electrons. The Kier molecular flexibility index (Phi) is 9.07. The van der Waals surface area contributed by atoms with E-state index in [2.05, 4.69) is 16.9 Å². The fraction of sp³-hybridized carbons (Fsp3) is 0.379. The van der Waals surface area contributed by atoms with Crippen molar-refractivity contribution >= 4 is 46.3 Å². The summed E-state index contributed by atoms with van der Waals surface area (Å²) in [5, 5.41) is 13.1. The van der Waals surface area contributed by atoms with Crippen molar-refractivity contribution in [3.63, 3.8) is 0 Å². The zero-order valence-corrected chi connectivity index (χ0v) is 23.5. The molecule has 2 aromatic rings. The Bertz CT molecular complexity index is 1370. The number of carboxylic acid groups (broad SMARTS) is 1. The number of aliphatic carboxylic acids is 1. The molecule has 10 heteroatoms. The number of ether oxygens (including phenoxy) is 1. The van der Waals surface area contributed by atoms with Crippen molar-refractivity contribution in [2.45, 2.75) is 52.2 Å². The average Bonchev–Trinajstić information content (AvgIpc) is 3.27. The number of rotatable bonds is 8. The van der Waals surface area contributed by atoms with Gasteiger partial charge in [-0.05, 0) is 35.6 Å². The number of aromatic amines is 1. The van der Waals surface area contributed by atoms with Gasteiger partial charge in [0.1, 0.15) is 18.0 Å². The van der Waals surface area contributed by atoms with Crippen molar-refractivity contribution in [1.29, 1.82) is 0 Å². The van der Waals surface area contributed by atoms with Gasteiger partial charge in [-0.1, -0.05) is 57.7 Å². The summed E-state index contributed by atoms with van der Waals surface area (Å²) in [6, 6.07) is 4.77. The van der Waals surface area contributed by atoms with Crippen LogP contribution in [0.15, 0.2) is 60.2 Å². The number of nitrogens with one attached hydrogen (secondary N) is 2. The summed E-state index contributed by atoms with van der Waals surface area (Å²) >= 11 is 5.97. The molecule has 0 spiro atoms. The van der Waals surface area contributed by atoms with E-state index in [9.17, 15) is 24.3 Å². The number of halogens is 1. The second kappa shape index (κ2) is 11.9. The van der Waals surface area contributed by atoms with Gasteiger partial charge in [-0.15, -0.1) is 11.6 Å². The summed E-state index contributed by atoms with van der Waals surface area (Å²) in [7, 11) is 1.26. The normalized spacial score (nSPS) is 18.5. The van der Waals surface area contributed by atoms with E-state index in [4.69, 9.17) is 16.3 Å². The number of methoxy groups -OCH3 is 1. The molecule has 0 fully saturated rings. The number of nitrogens with zero attached hydrogens (tertiary/aromatic N) is 1. The fourth-order valence-electron chi connectivity index (χ4n) is 4.82. The van der Waals surface area contributed by atoms with E-state index in [0.717, 1.165) is 16.5 Å². The van der Waals surface area contributed by atoms with Crippen LogP contribution in [0.4, 0.5) is 0 Å². The predicted molar refractivity (Wildman–Crippen MR) is 149 cm³/mol. The van der Waals surface area contributed by atoms with Crippen molar-refractivity contribution in [2.75, 3.05) is 13.0 Å². The second-order valence-electron chi connectivity index (χ2n) is 10.4. The minimum Gasteiger partial charge on any atom is -0.480 e. The van der Waals surface area contributed by atoms with Crippen LogP contribution in [-0.2, 0) is 30.3 Å². The number of hydrogen-bond donors (Lipinski definition) is 3. The zero-order valence-electron chi connectivity index (χ0n) is 22.7. The molecule has 208 valence electrons. The predicted octanol–water partition coefficient (Wildman–Crippen LogP) is 4.05. The lowest BCUT2D eigenvalue weighted by Gasteiger charge is -2.40. The number of aromatic nitrogens is 1. The molecule has 39 heavy (non-hydrogen) atoms. The highest BCUT2D eigenvalue weighted by molar-refractivity contribution is 6.27. The number of carboxylic acids is 1. The van der Waals surface area contributed by atoms with E-state index in [-0.39, 0.29) is 17.9 Å². The summed E-state index contributed by atoms with van der Waals surface area (Å²) in [4.78, 5) is 55.4. The van der Waals surface area contributed by atoms with E-state index in [1.807, 2.05) is 24.3 Å². The number of benzene rings is 1. The van der Waals surface area contributed by atoms with E-state index in [1.54, 1.807) is 39.8 Å². The molecular formula is C29H34ClN3O6. The lowest BCUT2D eigenvalue weighted by molar-refractivity contribution is -0.154. The Morgan fingerprint density at radius 3 is 2.49 bits per heavy atom. The highest BCUT2D eigenvalue weighted by Crippen LogP contribution is 2.41. The lowest BCUT2D eigenvalue weighted by Crippen LogP contribution is -2.52. The molecule has 0 saturated carbocycles. The topological polar surface area (TPSA) is 129 Å². The number of hydrogen-bond acceptors (Lipinski definition) is 5. The van der Waals surface area contributed by atoms with Crippen molar-refractivity contribution in [3.8, 4) is 0 Å². The zero-order chi connectivity index (χ0) is 29.1. The number of allylic oxidation sites excluding steroid dienone is 1. The molecule has 0 aliphatic carbocycles. The summed E-state index contributed by atoms with van der Waals surface area (Å²) in [5.41, 5.74) is 2.29. The largest absolute Gasteiger partial charge is 0.480 e. The van der Waals surface area contributed by atoms with Crippen molar-refractivity contribution in [1.82, 2.24) is 15.2 Å². The number of carbonyl (C=O) groups excluding carboxylic acids is 3. The standard InChI is InChI=1S/C29H34ClN3O6/c1-7-17(26(35)32-25(27(36)37)29(3,4)5)13-12-16(2)24-23-19(18-10-8-9-11-20(18)31-23)14-21(28(38)39-6)33(24)22(34)15-30/h7-13,21,24-25,31H,2,14-15H2,1,3-6H3,(H,32,35)(H,36,37)/b13-12-,17-7+/t21-,24+,25-/m1/s1. The van der Waals surface area contributed by atoms with Crippen LogP contribution >= 0.6 is 11.6 Å². The van der Waals surface area contributed by atoms with Crippen LogP contribution in [-0.4, -0.2) is 63.8 Å². The minimum atomic E-state index is -1.14. The van der Waals surface area contributed by atoms with E-state index < -0.39 is 47.3 Å². The molecule has 1 aromatic heterocycles. The summed E-state index contributed by atoms with van der Waals surface area (Å²) in [5.74, 6) is -3.13. The Morgan fingerprint density at radius 2 is 1.92 bits per heavy atom. The van der Waals surface area contributed by atoms with Crippen LogP contribution in [0.5, 0.6) is 0 Å². The van der Waals surface area contributed by atoms with Crippen molar-refractivity contribution in [2.24, 2.45) is 5.41 Å². The third-order valence-electron chi connectivity index (χ3n) is 6.80. The molecule has 0 saturated heterocycles. The maximum Gasteiger partial charge on any atom is 0.328 e. The molecule has 3 atom stereocenters. The van der Waals surface area contributed by atoms with Gasteiger partial charge < -0.3 is 25.0 Å². The van der Waals surface area contributed by atoms with Crippen LogP contribution < -0.4 is 5.32 Å². The van der Waals surface area contributed by atoms with Gasteiger partial charge >= 0.3 is 11.9 Å². The van der Waals surface area contributed by atoms with Gasteiger partial charge in [0.2, 0.25) is 5.91 Å². The van der Waals surface area contributed by atoms with Gasteiger partial charge in [-0.2, -0.15) is 0 Å². The van der Waals surface area contributed by atoms with Crippen LogP contribution in [0.3, 0.4) is 0 Å². The van der Waals surface area contributed by atoms with Gasteiger partial charge in [0.15, 0.2) is 0 Å². The summed E-state index contributed by atoms with van der Waals surface area (Å²) in [6.07, 6.45) is 4.87. The summed E-state index contributed by atoms with van der Waals surface area (Å²) in [6.45, 7) is 11.0. The molecule has 2 heterocycles. The van der Waals surface area contributed by atoms with Crippen LogP contribution in [0, 0.1) is 5.41 Å². The van der Waals surface area contributed by atoms with E-state index in [0.29, 0.717) is 11.3 Å². The Labute approximate surface area is 232 Å². The molecule has 1 aliphatic heterocycles. The number of fused-ring (bicyclic) bond motifs is 3. The first kappa shape index (κ1) is 29.7. The van der Waals surface area contributed by atoms with Crippen LogP contribution in [0.2, 0.25) is 0 Å². The third kappa shape index (κ3) is 6.09. The molecule has 3 N–H and O–H groups in total. The first-order chi connectivity index (χ1) is 18.3. The maximum atomic E-state index is 13.1. The van der Waals surface area contributed by atoms with Gasteiger partial charge in [-0.25, -0.2) is 9.59 Å². The van der Waals surface area contributed by atoms with Gasteiger partial charge in [0, 0.05) is 28.6 Å². The van der Waals surface area contributed by atoms with Gasteiger partial charge in [0.05, 0.1) is 13.2 Å². The van der Waals surface area contributed by atoms with Crippen LogP contribution in [0.1, 0.15) is 45.0 Å². The first-order valence-electron chi connectivity index (χ1n) is 12.5. The molecule has 1 aliphatic rings. The SMILES string of the molecule is C=C(/C=C\C(=C/C)C(=O)N[C@H](C(=O)O)C(C)(C)C)[C@H]1c2[nH]c3ccccc3c2C[C@H](C(=O)OC)N1C(=O)CCl. The Hall–Kier alpha value is -3.85. The van der Waals surface area contributed by atoms with Crippen molar-refractivity contribution < 1.29 is 29.0 Å². The second-order valence-corrected chi connectivity index (χ2v) is 10.7. The van der Waals surface area contributed by atoms with Crippen LogP contribution in [0.25, 0.3) is 10.9 Å².